The van der Waals surface area contributed by atoms with Gasteiger partial charge in [-0.15, -0.1) is 12.4 Å². The molecule has 1 atom stereocenters. The van der Waals surface area contributed by atoms with Crippen LogP contribution in [0, 0.1) is 11.3 Å². The van der Waals surface area contributed by atoms with Gasteiger partial charge >= 0.3 is 0 Å². The zero-order valence-corrected chi connectivity index (χ0v) is 15.6. The summed E-state index contributed by atoms with van der Waals surface area (Å²) in [4.78, 5) is 12.5. The minimum atomic E-state index is 0. The van der Waals surface area contributed by atoms with Gasteiger partial charge < -0.3 is 15.4 Å². The van der Waals surface area contributed by atoms with Crippen LogP contribution < -0.4 is 10.6 Å². The van der Waals surface area contributed by atoms with E-state index in [0.29, 0.717) is 18.1 Å². The van der Waals surface area contributed by atoms with Crippen LogP contribution >= 0.6 is 12.4 Å². The summed E-state index contributed by atoms with van der Waals surface area (Å²) in [6, 6.07) is 8.14. The van der Waals surface area contributed by atoms with Crippen molar-refractivity contribution in [2.24, 2.45) is 11.3 Å². The van der Waals surface area contributed by atoms with E-state index >= 15 is 0 Å². The van der Waals surface area contributed by atoms with Crippen molar-refractivity contribution in [1.82, 2.24) is 5.32 Å². The van der Waals surface area contributed by atoms with Crippen molar-refractivity contribution >= 4 is 24.0 Å². The zero-order valence-electron chi connectivity index (χ0n) is 14.8. The molecule has 0 aromatic heterocycles. The highest BCUT2D eigenvalue weighted by Gasteiger charge is 2.57. The predicted octanol–water partition coefficient (Wildman–Crippen LogP) is 3.90. The average Bonchev–Trinajstić information content (AvgIpc) is 3.06. The summed E-state index contributed by atoms with van der Waals surface area (Å²) in [5.41, 5.74) is 2.38. The Bertz CT molecular complexity index is 578. The Hall–Kier alpha value is -1.10. The van der Waals surface area contributed by atoms with Crippen molar-refractivity contribution in [2.75, 3.05) is 18.4 Å². The number of carbonyl (C=O) groups excluding carboxylic acids is 1. The van der Waals surface area contributed by atoms with Crippen LogP contribution in [0.25, 0.3) is 0 Å². The van der Waals surface area contributed by atoms with Gasteiger partial charge in [0.2, 0.25) is 5.91 Å². The van der Waals surface area contributed by atoms with Crippen LogP contribution in [0.1, 0.15) is 50.5 Å². The molecule has 2 saturated carbocycles. The fraction of sp³-hybridized carbons (Fsp3) is 0.650. The molecule has 1 saturated heterocycles. The highest BCUT2D eigenvalue weighted by molar-refractivity contribution is 5.95. The highest BCUT2D eigenvalue weighted by Crippen LogP contribution is 2.58. The molecule has 1 amide bonds. The SMILES string of the molecule is Cl.O=C(Nc1ccc(COC2CCCC2)cc1)C1CC12CCNCC2. The number of rotatable bonds is 5. The lowest BCUT2D eigenvalue weighted by molar-refractivity contribution is -0.118. The summed E-state index contributed by atoms with van der Waals surface area (Å²) in [5.74, 6) is 0.414. The van der Waals surface area contributed by atoms with E-state index in [1.54, 1.807) is 0 Å². The zero-order chi connectivity index (χ0) is 16.4. The van der Waals surface area contributed by atoms with Gasteiger partial charge in [-0.3, -0.25) is 4.79 Å². The minimum Gasteiger partial charge on any atom is -0.374 e. The molecule has 5 heteroatoms. The number of carbonyl (C=O) groups is 1. The molecule has 0 bridgehead atoms. The molecular formula is C20H29ClN2O2. The summed E-state index contributed by atoms with van der Waals surface area (Å²) in [5, 5.41) is 6.48. The van der Waals surface area contributed by atoms with Crippen molar-refractivity contribution in [2.45, 2.75) is 57.7 Å². The molecule has 0 radical (unpaired) electrons. The first-order valence-electron chi connectivity index (χ1n) is 9.47. The van der Waals surface area contributed by atoms with E-state index in [1.165, 1.54) is 31.2 Å². The monoisotopic (exact) mass is 364 g/mol. The Kier molecular flexibility index (Phi) is 6.03. The molecule has 1 aliphatic heterocycles. The topological polar surface area (TPSA) is 50.4 Å². The molecule has 1 spiro atoms. The molecule has 3 aliphatic rings. The van der Waals surface area contributed by atoms with E-state index in [1.807, 2.05) is 12.1 Å². The van der Waals surface area contributed by atoms with Crippen LogP contribution in [0.4, 0.5) is 5.69 Å². The van der Waals surface area contributed by atoms with E-state index < -0.39 is 0 Å². The molecule has 1 heterocycles. The first-order chi connectivity index (χ1) is 11.8. The van der Waals surface area contributed by atoms with E-state index in [9.17, 15) is 4.79 Å². The van der Waals surface area contributed by atoms with Crippen LogP contribution in [0.2, 0.25) is 0 Å². The van der Waals surface area contributed by atoms with Gasteiger partial charge in [-0.2, -0.15) is 0 Å². The third kappa shape index (κ3) is 4.36. The lowest BCUT2D eigenvalue weighted by atomic mass is 9.92. The van der Waals surface area contributed by atoms with Crippen LogP contribution in [0.5, 0.6) is 0 Å². The minimum absolute atomic E-state index is 0. The molecule has 2 N–H and O–H groups in total. The van der Waals surface area contributed by atoms with Crippen LogP contribution in [-0.4, -0.2) is 25.1 Å². The number of benzene rings is 1. The molecular weight excluding hydrogens is 336 g/mol. The van der Waals surface area contributed by atoms with E-state index in [0.717, 1.165) is 38.0 Å². The quantitative estimate of drug-likeness (QED) is 0.833. The Morgan fingerprint density at radius 3 is 2.52 bits per heavy atom. The molecule has 1 aromatic rings. The van der Waals surface area contributed by atoms with Crippen LogP contribution in [0.15, 0.2) is 24.3 Å². The number of piperidine rings is 1. The highest BCUT2D eigenvalue weighted by atomic mass is 35.5. The number of nitrogens with one attached hydrogen (secondary N) is 2. The second-order valence-corrected chi connectivity index (χ2v) is 7.77. The van der Waals surface area contributed by atoms with Gasteiger partial charge in [0, 0.05) is 11.6 Å². The van der Waals surface area contributed by atoms with Crippen molar-refractivity contribution in [1.29, 1.82) is 0 Å². The number of amides is 1. The number of hydrogen-bond acceptors (Lipinski definition) is 3. The summed E-state index contributed by atoms with van der Waals surface area (Å²) in [6.45, 7) is 2.79. The molecule has 1 unspecified atom stereocenters. The van der Waals surface area contributed by atoms with E-state index in [4.69, 9.17) is 4.74 Å². The van der Waals surface area contributed by atoms with Crippen molar-refractivity contribution in [3.8, 4) is 0 Å². The predicted molar refractivity (Wildman–Crippen MR) is 102 cm³/mol. The normalized spacial score (nSPS) is 24.7. The Labute approximate surface area is 156 Å². The molecule has 1 aromatic carbocycles. The summed E-state index contributed by atoms with van der Waals surface area (Å²) >= 11 is 0. The maximum Gasteiger partial charge on any atom is 0.228 e. The maximum atomic E-state index is 12.5. The lowest BCUT2D eigenvalue weighted by Gasteiger charge is -2.23. The van der Waals surface area contributed by atoms with Crippen molar-refractivity contribution in [3.05, 3.63) is 29.8 Å². The molecule has 25 heavy (non-hydrogen) atoms. The van der Waals surface area contributed by atoms with Crippen LogP contribution in [-0.2, 0) is 16.1 Å². The second kappa shape index (κ2) is 8.07. The fourth-order valence-corrected chi connectivity index (χ4v) is 4.38. The summed E-state index contributed by atoms with van der Waals surface area (Å²) < 4.78 is 5.94. The molecule has 4 rings (SSSR count). The van der Waals surface area contributed by atoms with Gasteiger partial charge in [-0.25, -0.2) is 0 Å². The summed E-state index contributed by atoms with van der Waals surface area (Å²) in [7, 11) is 0. The van der Waals surface area contributed by atoms with Gasteiger partial charge in [0.25, 0.3) is 0 Å². The largest absolute Gasteiger partial charge is 0.374 e. The molecule has 4 nitrogen and oxygen atoms in total. The Morgan fingerprint density at radius 1 is 1.16 bits per heavy atom. The lowest BCUT2D eigenvalue weighted by Crippen LogP contribution is -2.31. The standard InChI is InChI=1S/C20H28N2O2.ClH/c23-19(18-13-20(18)9-11-21-12-10-20)22-16-7-5-15(6-8-16)14-24-17-3-1-2-4-17;/h5-8,17-18,21H,1-4,9-14H2,(H,22,23);1H. The third-order valence-electron chi connectivity index (χ3n) is 6.11. The molecule has 3 fully saturated rings. The number of halogens is 1. The smallest absolute Gasteiger partial charge is 0.228 e. The molecule has 138 valence electrons. The number of hydrogen-bond donors (Lipinski definition) is 2. The van der Waals surface area contributed by atoms with Gasteiger partial charge in [0.15, 0.2) is 0 Å². The van der Waals surface area contributed by atoms with Gasteiger partial charge in [-0.1, -0.05) is 25.0 Å². The average molecular weight is 365 g/mol. The van der Waals surface area contributed by atoms with E-state index in [2.05, 4.69) is 22.8 Å². The van der Waals surface area contributed by atoms with Crippen molar-refractivity contribution in [3.63, 3.8) is 0 Å². The van der Waals surface area contributed by atoms with Crippen molar-refractivity contribution < 1.29 is 9.53 Å². The fourth-order valence-electron chi connectivity index (χ4n) is 4.38. The number of ether oxygens (including phenoxy) is 1. The van der Waals surface area contributed by atoms with Gasteiger partial charge in [0.05, 0.1) is 12.7 Å². The second-order valence-electron chi connectivity index (χ2n) is 7.77. The first-order valence-corrected chi connectivity index (χ1v) is 9.47. The first kappa shape index (κ1) is 18.7. The van der Waals surface area contributed by atoms with Gasteiger partial charge in [-0.05, 0) is 68.3 Å². The van der Waals surface area contributed by atoms with E-state index in [-0.39, 0.29) is 24.2 Å². The van der Waals surface area contributed by atoms with Gasteiger partial charge in [0.1, 0.15) is 0 Å². The molecule has 2 aliphatic carbocycles. The third-order valence-corrected chi connectivity index (χ3v) is 6.11. The summed E-state index contributed by atoms with van der Waals surface area (Å²) in [6.07, 6.45) is 8.79. The number of anilines is 1. The van der Waals surface area contributed by atoms with Crippen LogP contribution in [0.3, 0.4) is 0 Å². The maximum absolute atomic E-state index is 12.5. The Morgan fingerprint density at radius 2 is 1.84 bits per heavy atom. The Balaban J connectivity index is 0.00000182.